The highest BCUT2D eigenvalue weighted by Crippen LogP contribution is 2.27. The molecule has 0 aliphatic carbocycles. The number of amides is 1. The molecule has 1 aromatic heterocycles. The Hall–Kier alpha value is -2.47. The summed E-state index contributed by atoms with van der Waals surface area (Å²) in [5.74, 6) is 1.77. The molecule has 0 aliphatic heterocycles. The van der Waals surface area contributed by atoms with Gasteiger partial charge in [0.15, 0.2) is 11.5 Å². The Morgan fingerprint density at radius 1 is 1.23 bits per heavy atom. The van der Waals surface area contributed by atoms with Gasteiger partial charge >= 0.3 is 0 Å². The Labute approximate surface area is 129 Å². The van der Waals surface area contributed by atoms with Crippen molar-refractivity contribution in [2.45, 2.75) is 13.0 Å². The van der Waals surface area contributed by atoms with E-state index >= 15 is 0 Å². The topological polar surface area (TPSA) is 86.7 Å². The molecular formula is C16H20N2O4. The minimum Gasteiger partial charge on any atom is -0.493 e. The van der Waals surface area contributed by atoms with Crippen molar-refractivity contribution >= 4 is 5.91 Å². The number of methoxy groups -OCH3 is 2. The molecule has 2 rings (SSSR count). The Balaban J connectivity index is 1.89. The molecule has 0 unspecified atom stereocenters. The van der Waals surface area contributed by atoms with Gasteiger partial charge in [0, 0.05) is 6.54 Å². The highest BCUT2D eigenvalue weighted by atomic mass is 16.5. The van der Waals surface area contributed by atoms with Crippen molar-refractivity contribution < 1.29 is 18.7 Å². The summed E-state index contributed by atoms with van der Waals surface area (Å²) >= 11 is 0. The monoisotopic (exact) mass is 304 g/mol. The summed E-state index contributed by atoms with van der Waals surface area (Å²) in [4.78, 5) is 11.9. The van der Waals surface area contributed by atoms with E-state index in [1.807, 2.05) is 18.2 Å². The van der Waals surface area contributed by atoms with E-state index in [0.29, 0.717) is 35.8 Å². The van der Waals surface area contributed by atoms with Crippen molar-refractivity contribution in [2.75, 3.05) is 20.8 Å². The molecule has 0 atom stereocenters. The van der Waals surface area contributed by atoms with E-state index in [1.54, 1.807) is 20.3 Å². The smallest absolute Gasteiger partial charge is 0.254 e. The average Bonchev–Trinajstić information content (AvgIpc) is 3.03. The first-order valence-electron chi connectivity index (χ1n) is 6.94. The average molecular weight is 304 g/mol. The van der Waals surface area contributed by atoms with Crippen LogP contribution in [0.4, 0.5) is 0 Å². The second kappa shape index (κ2) is 7.51. The maximum Gasteiger partial charge on any atom is 0.254 e. The molecule has 6 heteroatoms. The lowest BCUT2D eigenvalue weighted by Crippen LogP contribution is -2.25. The Morgan fingerprint density at radius 3 is 2.64 bits per heavy atom. The maximum atomic E-state index is 11.9. The molecule has 3 N–H and O–H groups in total. The number of rotatable bonds is 7. The van der Waals surface area contributed by atoms with Gasteiger partial charge in [-0.25, -0.2) is 0 Å². The zero-order valence-corrected chi connectivity index (χ0v) is 12.7. The molecule has 0 aliphatic rings. The highest BCUT2D eigenvalue weighted by Gasteiger charge is 2.09. The van der Waals surface area contributed by atoms with Crippen LogP contribution in [0.25, 0.3) is 0 Å². The van der Waals surface area contributed by atoms with Crippen LogP contribution in [0.3, 0.4) is 0 Å². The van der Waals surface area contributed by atoms with Crippen LogP contribution in [0.2, 0.25) is 0 Å². The number of nitrogens with two attached hydrogens (primary N) is 1. The van der Waals surface area contributed by atoms with Gasteiger partial charge < -0.3 is 24.9 Å². The second-order valence-electron chi connectivity index (χ2n) is 4.70. The molecule has 6 nitrogen and oxygen atoms in total. The first-order valence-corrected chi connectivity index (χ1v) is 6.94. The summed E-state index contributed by atoms with van der Waals surface area (Å²) in [6.45, 7) is 0.788. The van der Waals surface area contributed by atoms with Crippen LogP contribution in [-0.4, -0.2) is 26.7 Å². The predicted octanol–water partition coefficient (Wildman–Crippen LogP) is 1.73. The third-order valence-corrected chi connectivity index (χ3v) is 3.26. The van der Waals surface area contributed by atoms with Crippen LogP contribution in [0.1, 0.15) is 21.7 Å². The molecule has 2 aromatic rings. The van der Waals surface area contributed by atoms with Gasteiger partial charge in [0.25, 0.3) is 5.91 Å². The largest absolute Gasteiger partial charge is 0.493 e. The molecular weight excluding hydrogens is 284 g/mol. The molecule has 1 amide bonds. The summed E-state index contributed by atoms with van der Waals surface area (Å²) in [6.07, 6.45) is 2.10. The van der Waals surface area contributed by atoms with Crippen LogP contribution in [0.5, 0.6) is 11.5 Å². The minimum atomic E-state index is -0.177. The van der Waals surface area contributed by atoms with Crippen molar-refractivity contribution in [1.29, 1.82) is 0 Å². The lowest BCUT2D eigenvalue weighted by Gasteiger charge is -2.09. The molecule has 0 saturated carbocycles. The molecule has 0 saturated heterocycles. The molecule has 22 heavy (non-hydrogen) atoms. The molecule has 1 heterocycles. The van der Waals surface area contributed by atoms with E-state index in [9.17, 15) is 4.79 Å². The van der Waals surface area contributed by atoms with Gasteiger partial charge in [-0.1, -0.05) is 6.07 Å². The van der Waals surface area contributed by atoms with Crippen LogP contribution in [-0.2, 0) is 13.0 Å². The number of hydrogen-bond donors (Lipinski definition) is 2. The van der Waals surface area contributed by atoms with Gasteiger partial charge in [-0.3, -0.25) is 4.79 Å². The number of carbonyl (C=O) groups excluding carboxylic acids is 1. The lowest BCUT2D eigenvalue weighted by molar-refractivity contribution is 0.0953. The van der Waals surface area contributed by atoms with Crippen molar-refractivity contribution in [3.8, 4) is 11.5 Å². The fourth-order valence-corrected chi connectivity index (χ4v) is 2.07. The number of ether oxygens (including phenoxy) is 2. The van der Waals surface area contributed by atoms with Crippen LogP contribution in [0, 0.1) is 0 Å². The lowest BCUT2D eigenvalue weighted by atomic mass is 10.1. The van der Waals surface area contributed by atoms with E-state index in [4.69, 9.17) is 19.6 Å². The first kappa shape index (κ1) is 15.9. The van der Waals surface area contributed by atoms with Gasteiger partial charge in [0.05, 0.1) is 26.3 Å². The van der Waals surface area contributed by atoms with Crippen molar-refractivity contribution in [3.63, 3.8) is 0 Å². The fourth-order valence-electron chi connectivity index (χ4n) is 2.07. The third-order valence-electron chi connectivity index (χ3n) is 3.26. The highest BCUT2D eigenvalue weighted by molar-refractivity contribution is 5.93. The molecule has 118 valence electrons. The normalized spacial score (nSPS) is 10.3. The zero-order valence-electron chi connectivity index (χ0n) is 12.7. The summed E-state index contributed by atoms with van der Waals surface area (Å²) < 4.78 is 15.6. The second-order valence-corrected chi connectivity index (χ2v) is 4.70. The van der Waals surface area contributed by atoms with Crippen LogP contribution in [0.15, 0.2) is 34.9 Å². The van der Waals surface area contributed by atoms with Crippen molar-refractivity contribution in [1.82, 2.24) is 5.32 Å². The number of carbonyl (C=O) groups is 1. The van der Waals surface area contributed by atoms with Crippen LogP contribution < -0.4 is 20.5 Å². The van der Waals surface area contributed by atoms with Crippen molar-refractivity contribution in [3.05, 3.63) is 47.4 Å². The first-order chi connectivity index (χ1) is 10.7. The Morgan fingerprint density at radius 2 is 2.00 bits per heavy atom. The van der Waals surface area contributed by atoms with E-state index in [2.05, 4.69) is 5.32 Å². The predicted molar refractivity (Wildman–Crippen MR) is 82.2 cm³/mol. The Kier molecular flexibility index (Phi) is 5.43. The van der Waals surface area contributed by atoms with Crippen LogP contribution >= 0.6 is 0 Å². The molecule has 0 bridgehead atoms. The SMILES string of the molecule is COc1ccc(CCNC(=O)c2coc(CN)c2)cc1OC. The quantitative estimate of drug-likeness (QED) is 0.813. The van der Waals surface area contributed by atoms with Gasteiger partial charge in [-0.05, 0) is 30.2 Å². The summed E-state index contributed by atoms with van der Waals surface area (Å²) in [7, 11) is 3.19. The number of benzene rings is 1. The summed E-state index contributed by atoms with van der Waals surface area (Å²) in [5.41, 5.74) is 6.97. The van der Waals surface area contributed by atoms with E-state index in [1.165, 1.54) is 6.26 Å². The maximum absolute atomic E-state index is 11.9. The molecule has 0 fully saturated rings. The fraction of sp³-hybridized carbons (Fsp3) is 0.312. The molecule has 1 aromatic carbocycles. The minimum absolute atomic E-state index is 0.177. The third kappa shape index (κ3) is 3.79. The van der Waals surface area contributed by atoms with E-state index < -0.39 is 0 Å². The summed E-state index contributed by atoms with van der Waals surface area (Å²) in [5, 5.41) is 2.84. The molecule has 0 spiro atoms. The van der Waals surface area contributed by atoms with Gasteiger partial charge in [-0.15, -0.1) is 0 Å². The zero-order chi connectivity index (χ0) is 15.9. The standard InChI is InChI=1S/C16H20N2O4/c1-20-14-4-3-11(7-15(14)21-2)5-6-18-16(19)12-8-13(9-17)22-10-12/h3-4,7-8,10H,5-6,9,17H2,1-2H3,(H,18,19). The van der Waals surface area contributed by atoms with Crippen molar-refractivity contribution in [2.24, 2.45) is 5.73 Å². The number of nitrogens with one attached hydrogen (secondary N) is 1. The summed E-state index contributed by atoms with van der Waals surface area (Å²) in [6, 6.07) is 7.33. The molecule has 0 radical (unpaired) electrons. The van der Waals surface area contributed by atoms with Gasteiger partial charge in [-0.2, -0.15) is 0 Å². The number of furan rings is 1. The van der Waals surface area contributed by atoms with E-state index in [0.717, 1.165) is 5.56 Å². The van der Waals surface area contributed by atoms with Gasteiger partial charge in [0.1, 0.15) is 12.0 Å². The van der Waals surface area contributed by atoms with E-state index in [-0.39, 0.29) is 12.5 Å². The van der Waals surface area contributed by atoms with Gasteiger partial charge in [0.2, 0.25) is 0 Å². The number of hydrogen-bond acceptors (Lipinski definition) is 5. The Bertz CT molecular complexity index is 637.